The standard InChI is InChI=1S/C32H55ClO6/c1-4-5-12-20-32(2,39-31-18-11-14-23-37-31)21-19-26-25(15-8-6-7-9-16-29(34)35-3)27(33)24-28(26)38-30-17-10-13-22-36-30/h19,21,25-28,30-31H,4-18,20,22-24H2,1-3H3/b21-19+. The molecule has 3 rings (SSSR count). The lowest BCUT2D eigenvalue weighted by atomic mass is 9.87. The van der Waals surface area contributed by atoms with Crippen LogP contribution in [-0.4, -0.2) is 56.0 Å². The number of unbranched alkanes of at least 4 members (excludes halogenated alkanes) is 5. The van der Waals surface area contributed by atoms with E-state index in [9.17, 15) is 4.79 Å². The van der Waals surface area contributed by atoms with Gasteiger partial charge in [-0.05, 0) is 77.0 Å². The SMILES string of the molecule is CCCCCC(C)(/C=C/C1C(OC2CCCCO2)CC(Cl)C1CCCCCCC(=O)OC)OC1CCCCO1. The molecule has 1 aliphatic carbocycles. The lowest BCUT2D eigenvalue weighted by Crippen LogP contribution is -2.36. The maximum Gasteiger partial charge on any atom is 0.305 e. The Labute approximate surface area is 242 Å². The van der Waals surface area contributed by atoms with Gasteiger partial charge in [-0.3, -0.25) is 4.79 Å². The fourth-order valence-corrected chi connectivity index (χ4v) is 6.77. The van der Waals surface area contributed by atoms with E-state index in [1.54, 1.807) is 0 Å². The van der Waals surface area contributed by atoms with Crippen molar-refractivity contribution in [1.29, 1.82) is 0 Å². The van der Waals surface area contributed by atoms with Gasteiger partial charge in [-0.1, -0.05) is 57.6 Å². The molecule has 0 spiro atoms. The Bertz CT molecular complexity index is 705. The van der Waals surface area contributed by atoms with Gasteiger partial charge in [0, 0.05) is 30.9 Å². The molecule has 39 heavy (non-hydrogen) atoms. The number of rotatable bonds is 17. The quantitative estimate of drug-likeness (QED) is 0.0762. The molecule has 0 radical (unpaired) electrons. The Morgan fingerprint density at radius 3 is 2.36 bits per heavy atom. The molecule has 0 amide bonds. The zero-order valence-corrected chi connectivity index (χ0v) is 25.6. The zero-order valence-electron chi connectivity index (χ0n) is 24.9. The highest BCUT2D eigenvalue weighted by molar-refractivity contribution is 6.21. The summed E-state index contributed by atoms with van der Waals surface area (Å²) in [5.74, 6) is 0.460. The fourth-order valence-electron chi connectivity index (χ4n) is 6.30. The Balaban J connectivity index is 1.67. The molecule has 3 aliphatic rings. The molecule has 0 aromatic heterocycles. The van der Waals surface area contributed by atoms with E-state index in [4.69, 9.17) is 35.3 Å². The highest BCUT2D eigenvalue weighted by Crippen LogP contribution is 2.43. The number of carbonyl (C=O) groups is 1. The summed E-state index contributed by atoms with van der Waals surface area (Å²) in [5.41, 5.74) is -0.369. The fraction of sp³-hybridized carbons (Fsp3) is 0.906. The van der Waals surface area contributed by atoms with Gasteiger partial charge in [0.2, 0.25) is 0 Å². The second kappa shape index (κ2) is 18.0. The Morgan fingerprint density at radius 2 is 1.69 bits per heavy atom. The predicted octanol–water partition coefficient (Wildman–Crippen LogP) is 8.09. The lowest BCUT2D eigenvalue weighted by Gasteiger charge is -2.35. The van der Waals surface area contributed by atoms with Crippen LogP contribution in [0.2, 0.25) is 0 Å². The summed E-state index contributed by atoms with van der Waals surface area (Å²) in [4.78, 5) is 11.4. The molecular formula is C32H55ClO6. The van der Waals surface area contributed by atoms with E-state index in [-0.39, 0.29) is 41.5 Å². The van der Waals surface area contributed by atoms with E-state index in [0.29, 0.717) is 12.3 Å². The Hall–Kier alpha value is -0.660. The van der Waals surface area contributed by atoms with Gasteiger partial charge in [-0.25, -0.2) is 0 Å². The van der Waals surface area contributed by atoms with Gasteiger partial charge in [-0.15, -0.1) is 11.6 Å². The second-order valence-corrected chi connectivity index (χ2v) is 12.6. The lowest BCUT2D eigenvalue weighted by molar-refractivity contribution is -0.208. The van der Waals surface area contributed by atoms with Crippen molar-refractivity contribution in [2.45, 2.75) is 153 Å². The molecule has 0 aromatic rings. The molecule has 2 saturated heterocycles. The molecular weight excluding hydrogens is 516 g/mol. The van der Waals surface area contributed by atoms with E-state index in [1.807, 2.05) is 0 Å². The van der Waals surface area contributed by atoms with Crippen LogP contribution in [-0.2, 0) is 28.5 Å². The van der Waals surface area contributed by atoms with E-state index < -0.39 is 0 Å². The van der Waals surface area contributed by atoms with Crippen LogP contribution in [0, 0.1) is 11.8 Å². The van der Waals surface area contributed by atoms with Crippen LogP contribution in [0.25, 0.3) is 0 Å². The van der Waals surface area contributed by atoms with Crippen LogP contribution in [0.1, 0.15) is 123 Å². The molecule has 226 valence electrons. The van der Waals surface area contributed by atoms with Gasteiger partial charge in [0.05, 0.1) is 18.8 Å². The third-order valence-electron chi connectivity index (χ3n) is 8.69. The van der Waals surface area contributed by atoms with Crippen LogP contribution in [0.4, 0.5) is 0 Å². The van der Waals surface area contributed by atoms with Crippen LogP contribution in [0.3, 0.4) is 0 Å². The van der Waals surface area contributed by atoms with Gasteiger partial charge in [0.15, 0.2) is 12.6 Å². The van der Waals surface area contributed by atoms with E-state index in [0.717, 1.165) is 103 Å². The average Bonchev–Trinajstić information content (AvgIpc) is 3.23. The molecule has 1 saturated carbocycles. The van der Waals surface area contributed by atoms with Crippen molar-refractivity contribution in [3.05, 3.63) is 12.2 Å². The normalized spacial score (nSPS) is 31.4. The third-order valence-corrected chi connectivity index (χ3v) is 9.19. The van der Waals surface area contributed by atoms with E-state index in [1.165, 1.54) is 20.0 Å². The molecule has 7 unspecified atom stereocenters. The number of ether oxygens (including phenoxy) is 5. The number of esters is 1. The minimum atomic E-state index is -0.369. The van der Waals surface area contributed by atoms with Gasteiger partial charge in [-0.2, -0.15) is 0 Å². The minimum Gasteiger partial charge on any atom is -0.469 e. The smallest absolute Gasteiger partial charge is 0.305 e. The molecule has 6 nitrogen and oxygen atoms in total. The summed E-state index contributed by atoms with van der Waals surface area (Å²) in [6, 6.07) is 0. The second-order valence-electron chi connectivity index (χ2n) is 12.0. The molecule has 2 aliphatic heterocycles. The average molecular weight is 571 g/mol. The van der Waals surface area contributed by atoms with E-state index in [2.05, 4.69) is 26.0 Å². The molecule has 7 atom stereocenters. The maximum absolute atomic E-state index is 11.4. The molecule has 2 heterocycles. The number of hydrogen-bond donors (Lipinski definition) is 0. The zero-order chi connectivity index (χ0) is 27.9. The molecule has 7 heteroatoms. The van der Waals surface area contributed by atoms with Crippen molar-refractivity contribution in [3.8, 4) is 0 Å². The summed E-state index contributed by atoms with van der Waals surface area (Å²) >= 11 is 7.03. The van der Waals surface area contributed by atoms with Crippen LogP contribution < -0.4 is 0 Å². The number of carbonyl (C=O) groups excluding carboxylic acids is 1. The molecule has 0 bridgehead atoms. The highest BCUT2D eigenvalue weighted by Gasteiger charge is 2.43. The van der Waals surface area contributed by atoms with Crippen molar-refractivity contribution in [2.24, 2.45) is 11.8 Å². The van der Waals surface area contributed by atoms with Crippen molar-refractivity contribution in [1.82, 2.24) is 0 Å². The Morgan fingerprint density at radius 1 is 0.974 bits per heavy atom. The first kappa shape index (κ1) is 32.8. The molecule has 0 N–H and O–H groups in total. The van der Waals surface area contributed by atoms with Crippen LogP contribution in [0.15, 0.2) is 12.2 Å². The minimum absolute atomic E-state index is 0.0574. The van der Waals surface area contributed by atoms with Crippen LogP contribution in [0.5, 0.6) is 0 Å². The highest BCUT2D eigenvalue weighted by atomic mass is 35.5. The van der Waals surface area contributed by atoms with Gasteiger partial charge < -0.3 is 23.7 Å². The first-order chi connectivity index (χ1) is 18.9. The largest absolute Gasteiger partial charge is 0.469 e. The number of alkyl halides is 1. The Kier molecular flexibility index (Phi) is 15.2. The summed E-state index contributed by atoms with van der Waals surface area (Å²) in [6.45, 7) is 6.03. The number of methoxy groups -OCH3 is 1. The van der Waals surface area contributed by atoms with Gasteiger partial charge >= 0.3 is 5.97 Å². The number of hydrogen-bond acceptors (Lipinski definition) is 6. The first-order valence-corrected chi connectivity index (χ1v) is 16.3. The summed E-state index contributed by atoms with van der Waals surface area (Å²) in [6.07, 6.45) is 22.0. The predicted molar refractivity (Wildman–Crippen MR) is 156 cm³/mol. The van der Waals surface area contributed by atoms with E-state index >= 15 is 0 Å². The van der Waals surface area contributed by atoms with Gasteiger partial charge in [0.25, 0.3) is 0 Å². The van der Waals surface area contributed by atoms with Gasteiger partial charge in [0.1, 0.15) is 0 Å². The maximum atomic E-state index is 11.4. The number of halogens is 1. The molecule has 0 aromatic carbocycles. The van der Waals surface area contributed by atoms with Crippen molar-refractivity contribution in [2.75, 3.05) is 20.3 Å². The van der Waals surface area contributed by atoms with Crippen molar-refractivity contribution >= 4 is 17.6 Å². The van der Waals surface area contributed by atoms with Crippen molar-refractivity contribution < 1.29 is 28.5 Å². The molecule has 3 fully saturated rings. The van der Waals surface area contributed by atoms with Crippen LogP contribution >= 0.6 is 11.6 Å². The topological polar surface area (TPSA) is 63.2 Å². The third kappa shape index (κ3) is 11.6. The first-order valence-electron chi connectivity index (χ1n) is 15.9. The van der Waals surface area contributed by atoms with Crippen molar-refractivity contribution in [3.63, 3.8) is 0 Å². The monoisotopic (exact) mass is 570 g/mol. The summed E-state index contributed by atoms with van der Waals surface area (Å²) < 4.78 is 29.9. The summed E-state index contributed by atoms with van der Waals surface area (Å²) in [7, 11) is 1.45. The summed E-state index contributed by atoms with van der Waals surface area (Å²) in [5, 5.41) is 0.0808.